The van der Waals surface area contributed by atoms with Crippen molar-refractivity contribution in [1.82, 2.24) is 40.2 Å². The number of nitrogens with one attached hydrogen (secondary N) is 1. The Morgan fingerprint density at radius 3 is 3.04 bits per heavy atom. The van der Waals surface area contributed by atoms with Gasteiger partial charge < -0.3 is 9.80 Å². The molecule has 2 aromatic heterocycles. The molecule has 0 aliphatic carbocycles. The van der Waals surface area contributed by atoms with E-state index in [2.05, 4.69) is 44.5 Å². The summed E-state index contributed by atoms with van der Waals surface area (Å²) in [7, 11) is 1.84. The average molecular weight is 332 g/mol. The van der Waals surface area contributed by atoms with Gasteiger partial charge in [0.2, 0.25) is 0 Å². The van der Waals surface area contributed by atoms with Gasteiger partial charge in [0.25, 0.3) is 5.91 Å². The second kappa shape index (κ2) is 7.08. The van der Waals surface area contributed by atoms with Crippen LogP contribution in [0.2, 0.25) is 0 Å². The maximum Gasteiger partial charge on any atom is 0.259 e. The molecular weight excluding hydrogens is 308 g/mol. The molecule has 9 nitrogen and oxygen atoms in total. The van der Waals surface area contributed by atoms with Crippen molar-refractivity contribution in [2.75, 3.05) is 26.7 Å². The molecule has 24 heavy (non-hydrogen) atoms. The number of amides is 1. The van der Waals surface area contributed by atoms with Crippen LogP contribution in [0, 0.1) is 5.92 Å². The lowest BCUT2D eigenvalue weighted by Crippen LogP contribution is -2.44. The topological polar surface area (TPSA) is 95.8 Å². The largest absolute Gasteiger partial charge is 0.341 e. The number of rotatable bonds is 5. The zero-order chi connectivity index (χ0) is 17.1. The Bertz CT molecular complexity index is 665. The Kier molecular flexibility index (Phi) is 4.89. The summed E-state index contributed by atoms with van der Waals surface area (Å²) in [6.45, 7) is 7.38. The van der Waals surface area contributed by atoms with Crippen LogP contribution >= 0.6 is 0 Å². The minimum absolute atomic E-state index is 0.0732. The van der Waals surface area contributed by atoms with E-state index >= 15 is 0 Å². The Morgan fingerprint density at radius 1 is 1.50 bits per heavy atom. The van der Waals surface area contributed by atoms with Crippen LogP contribution in [-0.4, -0.2) is 78.8 Å². The molecule has 3 rings (SSSR count). The number of tetrazole rings is 1. The van der Waals surface area contributed by atoms with Gasteiger partial charge in [0.1, 0.15) is 11.9 Å². The number of aromatic nitrogens is 6. The van der Waals surface area contributed by atoms with Gasteiger partial charge in [-0.15, -0.1) is 5.10 Å². The SMILES string of the molecule is CC(C)N1CCCC(CN(C)C(=O)c2cn[nH]c2-n2cnnn2)C1. The van der Waals surface area contributed by atoms with Crippen molar-refractivity contribution in [3.63, 3.8) is 0 Å². The van der Waals surface area contributed by atoms with Gasteiger partial charge in [-0.2, -0.15) is 9.78 Å². The lowest BCUT2D eigenvalue weighted by atomic mass is 9.96. The van der Waals surface area contributed by atoms with Gasteiger partial charge in [0.05, 0.1) is 6.20 Å². The van der Waals surface area contributed by atoms with E-state index < -0.39 is 0 Å². The molecule has 0 bridgehead atoms. The van der Waals surface area contributed by atoms with E-state index in [1.807, 2.05) is 7.05 Å². The molecule has 0 saturated carbocycles. The molecule has 1 unspecified atom stereocenters. The second-order valence-electron chi connectivity index (χ2n) is 6.67. The van der Waals surface area contributed by atoms with E-state index in [0.717, 1.165) is 26.1 Å². The molecule has 1 fully saturated rings. The van der Waals surface area contributed by atoms with E-state index in [1.165, 1.54) is 23.6 Å². The molecule has 0 aromatic carbocycles. The van der Waals surface area contributed by atoms with Crippen LogP contribution in [0.1, 0.15) is 37.0 Å². The third kappa shape index (κ3) is 3.45. The number of likely N-dealkylation sites (tertiary alicyclic amines) is 1. The number of aromatic amines is 1. The van der Waals surface area contributed by atoms with Crippen LogP contribution < -0.4 is 0 Å². The second-order valence-corrected chi connectivity index (χ2v) is 6.67. The molecule has 2 aromatic rings. The molecule has 130 valence electrons. The van der Waals surface area contributed by atoms with Gasteiger partial charge in [-0.1, -0.05) is 0 Å². The van der Waals surface area contributed by atoms with Crippen LogP contribution in [0.5, 0.6) is 0 Å². The van der Waals surface area contributed by atoms with Crippen LogP contribution in [0.25, 0.3) is 5.82 Å². The average Bonchev–Trinajstić information content (AvgIpc) is 3.25. The first-order valence-corrected chi connectivity index (χ1v) is 8.32. The fourth-order valence-electron chi connectivity index (χ4n) is 3.27. The van der Waals surface area contributed by atoms with Gasteiger partial charge >= 0.3 is 0 Å². The molecule has 1 amide bonds. The van der Waals surface area contributed by atoms with E-state index in [-0.39, 0.29) is 5.91 Å². The molecular formula is C15H24N8O. The third-order valence-electron chi connectivity index (χ3n) is 4.59. The Labute approximate surface area is 141 Å². The third-order valence-corrected chi connectivity index (χ3v) is 4.59. The zero-order valence-electron chi connectivity index (χ0n) is 14.4. The summed E-state index contributed by atoms with van der Waals surface area (Å²) in [4.78, 5) is 17.0. The van der Waals surface area contributed by atoms with Gasteiger partial charge in [-0.05, 0) is 49.6 Å². The summed E-state index contributed by atoms with van der Waals surface area (Å²) in [5.41, 5.74) is 0.473. The summed E-state index contributed by atoms with van der Waals surface area (Å²) >= 11 is 0. The summed E-state index contributed by atoms with van der Waals surface area (Å²) in [6, 6.07) is 0.550. The lowest BCUT2D eigenvalue weighted by Gasteiger charge is -2.37. The predicted molar refractivity (Wildman–Crippen MR) is 87.7 cm³/mol. The van der Waals surface area contributed by atoms with Gasteiger partial charge in [-0.25, -0.2) is 0 Å². The predicted octanol–water partition coefficient (Wildman–Crippen LogP) is 0.578. The molecule has 3 heterocycles. The number of hydrogen-bond donors (Lipinski definition) is 1. The van der Waals surface area contributed by atoms with Crippen molar-refractivity contribution in [3.05, 3.63) is 18.1 Å². The summed E-state index contributed by atoms with van der Waals surface area (Å²) in [5.74, 6) is 0.915. The monoisotopic (exact) mass is 332 g/mol. The minimum atomic E-state index is -0.0732. The Morgan fingerprint density at radius 2 is 2.33 bits per heavy atom. The Balaban J connectivity index is 1.66. The molecule has 1 atom stereocenters. The first kappa shape index (κ1) is 16.6. The van der Waals surface area contributed by atoms with E-state index in [4.69, 9.17) is 0 Å². The Hall–Kier alpha value is -2.29. The highest BCUT2D eigenvalue weighted by molar-refractivity contribution is 5.96. The summed E-state index contributed by atoms with van der Waals surface area (Å²) in [6.07, 6.45) is 5.31. The standard InChI is InChI=1S/C15H24N8O/c1-11(2)22-6-4-5-12(9-22)8-21(3)15(24)13-7-16-18-14(13)23-10-17-19-20-23/h7,10-12H,4-6,8-9H2,1-3H3,(H,16,18). The minimum Gasteiger partial charge on any atom is -0.341 e. The number of carbonyl (C=O) groups is 1. The highest BCUT2D eigenvalue weighted by atomic mass is 16.2. The smallest absolute Gasteiger partial charge is 0.259 e. The van der Waals surface area contributed by atoms with Crippen LogP contribution in [0.3, 0.4) is 0 Å². The summed E-state index contributed by atoms with van der Waals surface area (Å²) in [5, 5.41) is 17.8. The van der Waals surface area contributed by atoms with Crippen molar-refractivity contribution in [2.45, 2.75) is 32.7 Å². The van der Waals surface area contributed by atoms with Crippen molar-refractivity contribution in [1.29, 1.82) is 0 Å². The van der Waals surface area contributed by atoms with Crippen molar-refractivity contribution < 1.29 is 4.79 Å². The fraction of sp³-hybridized carbons (Fsp3) is 0.667. The first-order chi connectivity index (χ1) is 11.6. The fourth-order valence-corrected chi connectivity index (χ4v) is 3.27. The van der Waals surface area contributed by atoms with Crippen LogP contribution in [-0.2, 0) is 0 Å². The molecule has 1 aliphatic heterocycles. The van der Waals surface area contributed by atoms with Gasteiger partial charge in [0.15, 0.2) is 5.82 Å². The van der Waals surface area contributed by atoms with Gasteiger partial charge in [0, 0.05) is 26.2 Å². The number of H-pyrrole nitrogens is 1. The normalized spacial score (nSPS) is 18.9. The summed E-state index contributed by atoms with van der Waals surface area (Å²) < 4.78 is 1.41. The molecule has 0 radical (unpaired) electrons. The molecule has 1 saturated heterocycles. The number of carbonyl (C=O) groups excluding carboxylic acids is 1. The lowest BCUT2D eigenvalue weighted by molar-refractivity contribution is 0.0709. The molecule has 0 spiro atoms. The first-order valence-electron chi connectivity index (χ1n) is 8.32. The molecule has 9 heteroatoms. The quantitative estimate of drug-likeness (QED) is 0.860. The zero-order valence-corrected chi connectivity index (χ0v) is 14.4. The molecule has 1 N–H and O–H groups in total. The molecule has 1 aliphatic rings. The van der Waals surface area contributed by atoms with Crippen LogP contribution in [0.4, 0.5) is 0 Å². The maximum absolute atomic E-state index is 12.8. The number of nitrogens with zero attached hydrogens (tertiary/aromatic N) is 7. The van der Waals surface area contributed by atoms with Gasteiger partial charge in [-0.3, -0.25) is 9.89 Å². The maximum atomic E-state index is 12.8. The van der Waals surface area contributed by atoms with Crippen LogP contribution in [0.15, 0.2) is 12.5 Å². The van der Waals surface area contributed by atoms with E-state index in [9.17, 15) is 4.79 Å². The highest BCUT2D eigenvalue weighted by Gasteiger charge is 2.26. The van der Waals surface area contributed by atoms with E-state index in [0.29, 0.717) is 23.3 Å². The van der Waals surface area contributed by atoms with Crippen molar-refractivity contribution in [3.8, 4) is 5.82 Å². The number of hydrogen-bond acceptors (Lipinski definition) is 6. The van der Waals surface area contributed by atoms with Crippen molar-refractivity contribution in [2.24, 2.45) is 5.92 Å². The van der Waals surface area contributed by atoms with Crippen molar-refractivity contribution >= 4 is 5.91 Å². The number of piperidine rings is 1. The van der Waals surface area contributed by atoms with E-state index in [1.54, 1.807) is 4.90 Å². The highest BCUT2D eigenvalue weighted by Crippen LogP contribution is 2.20.